The van der Waals surface area contributed by atoms with Crippen molar-refractivity contribution in [3.63, 3.8) is 0 Å². The monoisotopic (exact) mass is 335 g/mol. The zero-order valence-electron chi connectivity index (χ0n) is 12.0. The van der Waals surface area contributed by atoms with E-state index in [4.69, 9.17) is 0 Å². The summed E-state index contributed by atoms with van der Waals surface area (Å²) in [4.78, 5) is 35.3. The zero-order valence-corrected chi connectivity index (χ0v) is 12.8. The molecule has 6 nitrogen and oxygen atoms in total. The molecule has 120 valence electrons. The van der Waals surface area contributed by atoms with Crippen LogP contribution in [-0.4, -0.2) is 30.8 Å². The SMILES string of the molecule is O=C(CNC(=O)c1cccs1)NCC(=O)Nc1ccc(F)cc1. The van der Waals surface area contributed by atoms with E-state index in [0.29, 0.717) is 10.6 Å². The molecule has 2 rings (SSSR count). The van der Waals surface area contributed by atoms with Gasteiger partial charge in [0.05, 0.1) is 18.0 Å². The second kappa shape index (κ2) is 8.04. The van der Waals surface area contributed by atoms with E-state index in [-0.39, 0.29) is 19.0 Å². The molecule has 0 unspecified atom stereocenters. The Kier molecular flexibility index (Phi) is 5.81. The van der Waals surface area contributed by atoms with Crippen LogP contribution in [0.3, 0.4) is 0 Å². The number of thiophene rings is 1. The van der Waals surface area contributed by atoms with E-state index in [0.717, 1.165) is 0 Å². The fourth-order valence-electron chi connectivity index (χ4n) is 1.64. The van der Waals surface area contributed by atoms with Crippen molar-refractivity contribution in [2.24, 2.45) is 0 Å². The molecule has 23 heavy (non-hydrogen) atoms. The van der Waals surface area contributed by atoms with Crippen LogP contribution in [0.4, 0.5) is 10.1 Å². The van der Waals surface area contributed by atoms with Crippen LogP contribution >= 0.6 is 11.3 Å². The molecule has 0 saturated heterocycles. The van der Waals surface area contributed by atoms with E-state index < -0.39 is 17.6 Å². The van der Waals surface area contributed by atoms with E-state index in [9.17, 15) is 18.8 Å². The quantitative estimate of drug-likeness (QED) is 0.745. The summed E-state index contributed by atoms with van der Waals surface area (Å²) in [7, 11) is 0. The van der Waals surface area contributed by atoms with E-state index in [1.807, 2.05) is 0 Å². The van der Waals surface area contributed by atoms with Gasteiger partial charge in [-0.2, -0.15) is 0 Å². The molecule has 0 radical (unpaired) electrons. The van der Waals surface area contributed by atoms with Gasteiger partial charge in [-0.3, -0.25) is 14.4 Å². The van der Waals surface area contributed by atoms with E-state index in [1.54, 1.807) is 17.5 Å². The number of nitrogens with one attached hydrogen (secondary N) is 3. The Hall–Kier alpha value is -2.74. The average Bonchev–Trinajstić information content (AvgIpc) is 3.07. The number of halogens is 1. The molecule has 0 spiro atoms. The Labute approximate surface area is 135 Å². The van der Waals surface area contributed by atoms with Gasteiger partial charge in [0.1, 0.15) is 5.82 Å². The van der Waals surface area contributed by atoms with Crippen LogP contribution in [0.1, 0.15) is 9.67 Å². The lowest BCUT2D eigenvalue weighted by molar-refractivity contribution is -0.123. The number of hydrogen-bond acceptors (Lipinski definition) is 4. The molecule has 3 amide bonds. The van der Waals surface area contributed by atoms with Gasteiger partial charge in [-0.05, 0) is 35.7 Å². The Morgan fingerprint density at radius 2 is 1.65 bits per heavy atom. The normalized spacial score (nSPS) is 9.96. The molecule has 3 N–H and O–H groups in total. The minimum absolute atomic E-state index is 0.222. The fourth-order valence-corrected chi connectivity index (χ4v) is 2.28. The van der Waals surface area contributed by atoms with Crippen molar-refractivity contribution in [3.05, 3.63) is 52.5 Å². The molecule has 0 saturated carbocycles. The third-order valence-corrected chi connectivity index (χ3v) is 3.60. The Bertz CT molecular complexity index is 687. The third kappa shape index (κ3) is 5.51. The molecule has 2 aromatic rings. The van der Waals surface area contributed by atoms with Crippen molar-refractivity contribution in [2.45, 2.75) is 0 Å². The van der Waals surface area contributed by atoms with Crippen LogP contribution in [0.25, 0.3) is 0 Å². The minimum atomic E-state index is -0.482. The predicted octanol–water partition coefficient (Wildman–Crippen LogP) is 1.37. The lowest BCUT2D eigenvalue weighted by Crippen LogP contribution is -2.40. The molecule has 1 aromatic carbocycles. The number of carbonyl (C=O) groups is 3. The second-order valence-electron chi connectivity index (χ2n) is 4.49. The van der Waals surface area contributed by atoms with Gasteiger partial charge in [0.2, 0.25) is 11.8 Å². The van der Waals surface area contributed by atoms with Gasteiger partial charge in [0.25, 0.3) is 5.91 Å². The van der Waals surface area contributed by atoms with Crippen molar-refractivity contribution in [1.82, 2.24) is 10.6 Å². The first-order valence-corrected chi connectivity index (χ1v) is 7.56. The maximum atomic E-state index is 12.7. The summed E-state index contributed by atoms with van der Waals surface area (Å²) < 4.78 is 12.7. The van der Waals surface area contributed by atoms with E-state index >= 15 is 0 Å². The largest absolute Gasteiger partial charge is 0.345 e. The van der Waals surface area contributed by atoms with Crippen molar-refractivity contribution in [1.29, 1.82) is 0 Å². The van der Waals surface area contributed by atoms with Crippen molar-refractivity contribution in [3.8, 4) is 0 Å². The molecule has 0 atom stereocenters. The topological polar surface area (TPSA) is 87.3 Å². The van der Waals surface area contributed by atoms with Gasteiger partial charge in [0, 0.05) is 5.69 Å². The average molecular weight is 335 g/mol. The molecule has 0 aliphatic heterocycles. The van der Waals surface area contributed by atoms with Gasteiger partial charge < -0.3 is 16.0 Å². The lowest BCUT2D eigenvalue weighted by atomic mass is 10.3. The molecule has 8 heteroatoms. The van der Waals surface area contributed by atoms with Crippen LogP contribution in [0.15, 0.2) is 41.8 Å². The lowest BCUT2D eigenvalue weighted by Gasteiger charge is -2.07. The number of rotatable bonds is 6. The van der Waals surface area contributed by atoms with E-state index in [2.05, 4.69) is 16.0 Å². The van der Waals surface area contributed by atoms with Crippen LogP contribution in [0.5, 0.6) is 0 Å². The Balaban J connectivity index is 1.68. The van der Waals surface area contributed by atoms with Gasteiger partial charge in [-0.15, -0.1) is 11.3 Å². The molecule has 0 fully saturated rings. The summed E-state index contributed by atoms with van der Waals surface area (Å²) in [6, 6.07) is 8.64. The minimum Gasteiger partial charge on any atom is -0.345 e. The molecular formula is C15H14FN3O3S. The van der Waals surface area contributed by atoms with Gasteiger partial charge in [0.15, 0.2) is 0 Å². The maximum Gasteiger partial charge on any atom is 0.261 e. The highest BCUT2D eigenvalue weighted by Crippen LogP contribution is 2.08. The van der Waals surface area contributed by atoms with Gasteiger partial charge in [-0.25, -0.2) is 4.39 Å². The molecule has 1 aromatic heterocycles. The molecule has 1 heterocycles. The first kappa shape index (κ1) is 16.6. The molecule has 0 aliphatic carbocycles. The maximum absolute atomic E-state index is 12.7. The number of amides is 3. The first-order valence-electron chi connectivity index (χ1n) is 6.68. The summed E-state index contributed by atoms with van der Waals surface area (Å²) in [5.74, 6) is -1.68. The number of hydrogen-bond donors (Lipinski definition) is 3. The Morgan fingerprint density at radius 1 is 0.957 bits per heavy atom. The van der Waals surface area contributed by atoms with E-state index in [1.165, 1.54) is 35.6 Å². The fraction of sp³-hybridized carbons (Fsp3) is 0.133. The smallest absolute Gasteiger partial charge is 0.261 e. The number of carbonyl (C=O) groups excluding carboxylic acids is 3. The molecule has 0 bridgehead atoms. The second-order valence-corrected chi connectivity index (χ2v) is 5.44. The van der Waals surface area contributed by atoms with Gasteiger partial charge in [-0.1, -0.05) is 6.07 Å². The van der Waals surface area contributed by atoms with Crippen molar-refractivity contribution >= 4 is 34.7 Å². The summed E-state index contributed by atoms with van der Waals surface area (Å²) in [5, 5.41) is 9.09. The highest BCUT2D eigenvalue weighted by molar-refractivity contribution is 7.12. The van der Waals surface area contributed by atoms with Crippen molar-refractivity contribution < 1.29 is 18.8 Å². The summed E-state index contributed by atoms with van der Waals surface area (Å²) in [6.45, 7) is -0.467. The number of anilines is 1. The van der Waals surface area contributed by atoms with Crippen LogP contribution < -0.4 is 16.0 Å². The number of benzene rings is 1. The molecule has 0 aliphatic rings. The predicted molar refractivity (Wildman–Crippen MR) is 84.7 cm³/mol. The van der Waals surface area contributed by atoms with Crippen LogP contribution in [-0.2, 0) is 9.59 Å². The van der Waals surface area contributed by atoms with Crippen LogP contribution in [0.2, 0.25) is 0 Å². The van der Waals surface area contributed by atoms with Gasteiger partial charge >= 0.3 is 0 Å². The summed E-state index contributed by atoms with van der Waals surface area (Å²) in [5.41, 5.74) is 0.427. The first-order chi connectivity index (χ1) is 11.0. The molecular weight excluding hydrogens is 321 g/mol. The van der Waals surface area contributed by atoms with Crippen LogP contribution in [0, 0.1) is 5.82 Å². The highest BCUT2D eigenvalue weighted by Gasteiger charge is 2.10. The zero-order chi connectivity index (χ0) is 16.7. The Morgan fingerprint density at radius 3 is 2.30 bits per heavy atom. The highest BCUT2D eigenvalue weighted by atomic mass is 32.1. The standard InChI is InChI=1S/C15H14FN3O3S/c16-10-3-5-11(6-4-10)19-14(21)9-17-13(20)8-18-15(22)12-2-1-7-23-12/h1-7H,8-9H2,(H,17,20)(H,18,22)(H,19,21). The van der Waals surface area contributed by atoms with Crippen molar-refractivity contribution in [2.75, 3.05) is 18.4 Å². The summed E-state index contributed by atoms with van der Waals surface area (Å²) >= 11 is 1.27. The third-order valence-electron chi connectivity index (χ3n) is 2.73. The summed E-state index contributed by atoms with van der Waals surface area (Å²) in [6.07, 6.45) is 0.